The topological polar surface area (TPSA) is 72.0 Å². The van der Waals surface area contributed by atoms with Gasteiger partial charge in [-0.15, -0.1) is 0 Å². The van der Waals surface area contributed by atoms with Crippen molar-refractivity contribution in [2.24, 2.45) is 0 Å². The van der Waals surface area contributed by atoms with Gasteiger partial charge in [0.15, 0.2) is 5.69 Å². The van der Waals surface area contributed by atoms with Crippen LogP contribution in [0.2, 0.25) is 0 Å². The summed E-state index contributed by atoms with van der Waals surface area (Å²) in [7, 11) is 1.08. The van der Waals surface area contributed by atoms with Crippen molar-refractivity contribution < 1.29 is 32.2 Å². The molecular formula is C15H20F3N3O4S. The van der Waals surface area contributed by atoms with Crippen LogP contribution >= 0.6 is 11.3 Å². The molecule has 1 aliphatic heterocycles. The van der Waals surface area contributed by atoms with Gasteiger partial charge in [-0.3, -0.25) is 0 Å². The van der Waals surface area contributed by atoms with Crippen molar-refractivity contribution in [3.63, 3.8) is 0 Å². The number of carbonyl (C=O) groups is 2. The predicted molar refractivity (Wildman–Crippen MR) is 88.5 cm³/mol. The molecule has 0 bridgehead atoms. The number of alkyl halides is 3. The van der Waals surface area contributed by atoms with Gasteiger partial charge in [0.1, 0.15) is 10.6 Å². The molecule has 0 aliphatic carbocycles. The molecule has 146 valence electrons. The molecule has 1 amide bonds. The third-order valence-corrected chi connectivity index (χ3v) is 4.61. The molecule has 0 N–H and O–H groups in total. The van der Waals surface area contributed by atoms with Crippen molar-refractivity contribution in [2.45, 2.75) is 32.5 Å². The fourth-order valence-electron chi connectivity index (χ4n) is 2.30. The Bertz CT molecular complexity index is 677. The number of carbonyl (C=O) groups excluding carboxylic acids is 2. The second-order valence-corrected chi connectivity index (χ2v) is 7.59. The zero-order valence-electron chi connectivity index (χ0n) is 14.8. The lowest BCUT2D eigenvalue weighted by atomic mass is 10.2. The van der Waals surface area contributed by atoms with Crippen LogP contribution in [0, 0.1) is 0 Å². The molecule has 0 aromatic carbocycles. The van der Waals surface area contributed by atoms with Gasteiger partial charge in [0, 0.05) is 26.2 Å². The maximum Gasteiger partial charge on any atom is 0.443 e. The van der Waals surface area contributed by atoms with Crippen molar-refractivity contribution in [1.82, 2.24) is 9.88 Å². The van der Waals surface area contributed by atoms with Gasteiger partial charge < -0.3 is 19.3 Å². The molecule has 2 heterocycles. The van der Waals surface area contributed by atoms with Crippen LogP contribution in [0.3, 0.4) is 0 Å². The minimum Gasteiger partial charge on any atom is -0.464 e. The normalized spacial score (nSPS) is 15.8. The summed E-state index contributed by atoms with van der Waals surface area (Å²) in [5, 5.41) is -1.02. The first kappa shape index (κ1) is 20.3. The summed E-state index contributed by atoms with van der Waals surface area (Å²) in [4.78, 5) is 30.3. The van der Waals surface area contributed by atoms with Crippen molar-refractivity contribution in [3.05, 3.63) is 10.7 Å². The van der Waals surface area contributed by atoms with Crippen LogP contribution in [0.1, 0.15) is 36.3 Å². The van der Waals surface area contributed by atoms with E-state index in [9.17, 15) is 22.8 Å². The second kappa shape index (κ2) is 7.29. The third kappa shape index (κ3) is 4.77. The molecule has 1 fully saturated rings. The number of thiazole rings is 1. The van der Waals surface area contributed by atoms with Crippen LogP contribution in [-0.2, 0) is 15.7 Å². The number of hydrogen-bond acceptors (Lipinski definition) is 7. The highest BCUT2D eigenvalue weighted by atomic mass is 32.1. The third-order valence-electron chi connectivity index (χ3n) is 3.45. The van der Waals surface area contributed by atoms with Crippen molar-refractivity contribution in [1.29, 1.82) is 0 Å². The van der Waals surface area contributed by atoms with E-state index in [1.165, 1.54) is 4.90 Å². The molecule has 0 unspecified atom stereocenters. The Kier molecular flexibility index (Phi) is 5.69. The van der Waals surface area contributed by atoms with Gasteiger partial charge in [0.25, 0.3) is 0 Å². The lowest BCUT2D eigenvalue weighted by Crippen LogP contribution is -2.50. The number of hydrogen-bond donors (Lipinski definition) is 0. The van der Waals surface area contributed by atoms with Crippen LogP contribution in [0.5, 0.6) is 0 Å². The van der Waals surface area contributed by atoms with Crippen LogP contribution in [-0.4, -0.2) is 60.8 Å². The maximum atomic E-state index is 12.9. The molecule has 11 heteroatoms. The Morgan fingerprint density at radius 1 is 1.12 bits per heavy atom. The SMILES string of the molecule is COC(=O)c1nc(C(F)(F)F)sc1N1CCN(C(=O)OC(C)(C)C)CC1. The van der Waals surface area contributed by atoms with E-state index in [1.807, 2.05) is 0 Å². The van der Waals surface area contributed by atoms with Crippen LogP contribution in [0.4, 0.5) is 23.0 Å². The number of halogens is 3. The van der Waals surface area contributed by atoms with E-state index in [4.69, 9.17) is 4.74 Å². The van der Waals surface area contributed by atoms with Gasteiger partial charge in [-0.05, 0) is 20.8 Å². The van der Waals surface area contributed by atoms with Gasteiger partial charge in [-0.2, -0.15) is 13.2 Å². The second-order valence-electron chi connectivity index (χ2n) is 6.62. The number of anilines is 1. The lowest BCUT2D eigenvalue weighted by Gasteiger charge is -2.36. The van der Waals surface area contributed by atoms with Crippen LogP contribution < -0.4 is 4.90 Å². The summed E-state index contributed by atoms with van der Waals surface area (Å²) < 4.78 is 48.7. The van der Waals surface area contributed by atoms with Gasteiger partial charge in [0.2, 0.25) is 5.01 Å². The molecule has 0 atom stereocenters. The Morgan fingerprint density at radius 2 is 1.69 bits per heavy atom. The molecule has 0 saturated carbocycles. The molecule has 1 aliphatic rings. The molecule has 1 aromatic heterocycles. The first-order chi connectivity index (χ1) is 11.9. The smallest absolute Gasteiger partial charge is 0.443 e. The lowest BCUT2D eigenvalue weighted by molar-refractivity contribution is -0.137. The molecule has 26 heavy (non-hydrogen) atoms. The fourth-order valence-corrected chi connectivity index (χ4v) is 3.27. The average molecular weight is 395 g/mol. The molecule has 7 nitrogen and oxygen atoms in total. The highest BCUT2D eigenvalue weighted by molar-refractivity contribution is 7.16. The van der Waals surface area contributed by atoms with Crippen molar-refractivity contribution in [2.75, 3.05) is 38.2 Å². The number of rotatable bonds is 2. The van der Waals surface area contributed by atoms with Gasteiger partial charge in [0.05, 0.1) is 7.11 Å². The fraction of sp³-hybridized carbons (Fsp3) is 0.667. The molecule has 2 rings (SSSR count). The summed E-state index contributed by atoms with van der Waals surface area (Å²) in [5.74, 6) is -0.929. The van der Waals surface area contributed by atoms with E-state index in [2.05, 4.69) is 9.72 Å². The highest BCUT2D eigenvalue weighted by Crippen LogP contribution is 2.39. The molecule has 0 spiro atoms. The Hall–Kier alpha value is -2.04. The van der Waals surface area contributed by atoms with E-state index in [0.29, 0.717) is 11.3 Å². The monoisotopic (exact) mass is 395 g/mol. The number of ether oxygens (including phenoxy) is 2. The van der Waals surface area contributed by atoms with E-state index in [0.717, 1.165) is 7.11 Å². The van der Waals surface area contributed by atoms with Crippen molar-refractivity contribution in [3.8, 4) is 0 Å². The molecule has 1 saturated heterocycles. The molecule has 1 aromatic rings. The summed E-state index contributed by atoms with van der Waals surface area (Å²) >= 11 is 0.391. The quantitative estimate of drug-likeness (QED) is 0.717. The summed E-state index contributed by atoms with van der Waals surface area (Å²) in [6.45, 7) is 6.27. The van der Waals surface area contributed by atoms with E-state index in [-0.39, 0.29) is 36.9 Å². The Balaban J connectivity index is 2.14. The minimum absolute atomic E-state index is 0.0908. The Labute approximate surface area is 152 Å². The van der Waals surface area contributed by atoms with E-state index < -0.39 is 28.8 Å². The van der Waals surface area contributed by atoms with E-state index in [1.54, 1.807) is 25.7 Å². The first-order valence-electron chi connectivity index (χ1n) is 7.81. The first-order valence-corrected chi connectivity index (χ1v) is 8.63. The van der Waals surface area contributed by atoms with Gasteiger partial charge >= 0.3 is 18.2 Å². The molecule has 0 radical (unpaired) electrons. The summed E-state index contributed by atoms with van der Waals surface area (Å²) in [6.07, 6.45) is -5.13. The summed E-state index contributed by atoms with van der Waals surface area (Å²) in [6, 6.07) is 0. The number of esters is 1. The minimum atomic E-state index is -4.65. The zero-order valence-corrected chi connectivity index (χ0v) is 15.7. The summed E-state index contributed by atoms with van der Waals surface area (Å²) in [5.41, 5.74) is -0.999. The average Bonchev–Trinajstić information content (AvgIpc) is 2.98. The van der Waals surface area contributed by atoms with Gasteiger partial charge in [-0.1, -0.05) is 11.3 Å². The number of methoxy groups -OCH3 is 1. The Morgan fingerprint density at radius 3 is 2.15 bits per heavy atom. The standard InChI is InChI=1S/C15H20F3N3O4S/c1-14(2,3)25-13(23)21-7-5-20(6-8-21)10-9(11(22)24-4)19-12(26-10)15(16,17)18/h5-8H2,1-4H3. The predicted octanol–water partition coefficient (Wildman–Crippen LogP) is 3.01. The maximum absolute atomic E-state index is 12.9. The largest absolute Gasteiger partial charge is 0.464 e. The van der Waals surface area contributed by atoms with Crippen molar-refractivity contribution >= 4 is 28.4 Å². The van der Waals surface area contributed by atoms with Crippen LogP contribution in [0.15, 0.2) is 0 Å². The zero-order chi connectivity index (χ0) is 19.7. The number of amides is 1. The van der Waals surface area contributed by atoms with Crippen LogP contribution in [0.25, 0.3) is 0 Å². The number of nitrogens with zero attached hydrogens (tertiary/aromatic N) is 3. The van der Waals surface area contributed by atoms with E-state index >= 15 is 0 Å². The van der Waals surface area contributed by atoms with Gasteiger partial charge in [-0.25, -0.2) is 14.6 Å². The molecular weight excluding hydrogens is 375 g/mol. The highest BCUT2D eigenvalue weighted by Gasteiger charge is 2.39. The number of aromatic nitrogens is 1. The number of piperazine rings is 1.